The number of thiophene rings is 1. The molecule has 22 heavy (non-hydrogen) atoms. The summed E-state index contributed by atoms with van der Waals surface area (Å²) in [5, 5.41) is 13.6. The normalized spacial score (nSPS) is 17.8. The van der Waals surface area contributed by atoms with Crippen LogP contribution in [0.3, 0.4) is 0 Å². The molecule has 0 saturated carbocycles. The molecule has 5 nitrogen and oxygen atoms in total. The van der Waals surface area contributed by atoms with Crippen LogP contribution in [0.25, 0.3) is 0 Å². The smallest absolute Gasteiger partial charge is 0.261 e. The van der Waals surface area contributed by atoms with Crippen LogP contribution in [-0.2, 0) is 6.42 Å². The Labute approximate surface area is 134 Å². The molecule has 1 saturated heterocycles. The highest BCUT2D eigenvalue weighted by Crippen LogP contribution is 2.29. The quantitative estimate of drug-likeness (QED) is 0.793. The lowest BCUT2D eigenvalue weighted by Crippen LogP contribution is -2.25. The van der Waals surface area contributed by atoms with Crippen LogP contribution in [0.1, 0.15) is 50.4 Å². The molecule has 0 aliphatic carbocycles. The molecular formula is C16H22N4OS. The van der Waals surface area contributed by atoms with E-state index in [2.05, 4.69) is 26.9 Å². The molecule has 3 rings (SSSR count). The third-order valence-electron chi connectivity index (χ3n) is 4.20. The molecule has 1 fully saturated rings. The van der Waals surface area contributed by atoms with E-state index in [1.165, 1.54) is 23.3 Å². The van der Waals surface area contributed by atoms with Crippen LogP contribution in [0.15, 0.2) is 12.1 Å². The minimum Gasteiger partial charge on any atom is -0.351 e. The maximum Gasteiger partial charge on any atom is 0.261 e. The van der Waals surface area contributed by atoms with Gasteiger partial charge in [-0.3, -0.25) is 9.89 Å². The topological polar surface area (TPSA) is 69.8 Å². The number of rotatable bonds is 5. The number of aromatic amines is 1. The van der Waals surface area contributed by atoms with E-state index in [-0.39, 0.29) is 5.91 Å². The van der Waals surface area contributed by atoms with Gasteiger partial charge in [-0.1, -0.05) is 0 Å². The van der Waals surface area contributed by atoms with E-state index >= 15 is 0 Å². The second-order valence-electron chi connectivity index (χ2n) is 5.77. The second-order valence-corrected chi connectivity index (χ2v) is 6.88. The summed E-state index contributed by atoms with van der Waals surface area (Å²) in [5.41, 5.74) is 3.29. The Bertz CT molecular complexity index is 635. The van der Waals surface area contributed by atoms with E-state index in [1.54, 1.807) is 11.3 Å². The number of nitrogens with zero attached hydrogens (tertiary/aromatic N) is 1. The van der Waals surface area contributed by atoms with Gasteiger partial charge in [0.15, 0.2) is 0 Å². The molecular weight excluding hydrogens is 296 g/mol. The molecule has 118 valence electrons. The molecule has 1 unspecified atom stereocenters. The van der Waals surface area contributed by atoms with Crippen molar-refractivity contribution in [2.75, 3.05) is 13.1 Å². The number of H-pyrrole nitrogens is 1. The molecule has 1 aliphatic rings. The first kappa shape index (κ1) is 15.2. The fourth-order valence-electron chi connectivity index (χ4n) is 2.92. The number of aromatic nitrogens is 2. The Kier molecular flexibility index (Phi) is 4.59. The van der Waals surface area contributed by atoms with Crippen molar-refractivity contribution in [3.8, 4) is 0 Å². The highest BCUT2D eigenvalue weighted by Gasteiger charge is 2.19. The van der Waals surface area contributed by atoms with Crippen molar-refractivity contribution in [1.82, 2.24) is 20.8 Å². The Morgan fingerprint density at radius 3 is 3.00 bits per heavy atom. The van der Waals surface area contributed by atoms with Gasteiger partial charge in [0.2, 0.25) is 0 Å². The Morgan fingerprint density at radius 2 is 2.32 bits per heavy atom. The van der Waals surface area contributed by atoms with Gasteiger partial charge in [-0.05, 0) is 57.4 Å². The van der Waals surface area contributed by atoms with Gasteiger partial charge < -0.3 is 10.6 Å². The van der Waals surface area contributed by atoms with Crippen molar-refractivity contribution in [2.45, 2.75) is 39.2 Å². The fourth-order valence-corrected chi connectivity index (χ4v) is 3.95. The van der Waals surface area contributed by atoms with E-state index in [0.29, 0.717) is 12.6 Å². The molecule has 2 aromatic rings. The van der Waals surface area contributed by atoms with Crippen molar-refractivity contribution < 1.29 is 4.79 Å². The molecule has 1 atom stereocenters. The minimum atomic E-state index is 0.0213. The number of aryl methyl sites for hydroxylation is 2. The first-order chi connectivity index (χ1) is 10.6. The van der Waals surface area contributed by atoms with Gasteiger partial charge in [0.1, 0.15) is 0 Å². The summed E-state index contributed by atoms with van der Waals surface area (Å²) < 4.78 is 0. The van der Waals surface area contributed by atoms with Gasteiger partial charge in [-0.15, -0.1) is 11.3 Å². The lowest BCUT2D eigenvalue weighted by Gasteiger charge is -2.06. The monoisotopic (exact) mass is 318 g/mol. The third-order valence-corrected chi connectivity index (χ3v) is 5.39. The van der Waals surface area contributed by atoms with Crippen LogP contribution in [-0.4, -0.2) is 29.2 Å². The lowest BCUT2D eigenvalue weighted by atomic mass is 10.1. The summed E-state index contributed by atoms with van der Waals surface area (Å²) in [6.07, 6.45) is 3.19. The van der Waals surface area contributed by atoms with E-state index in [4.69, 9.17) is 0 Å². The third kappa shape index (κ3) is 3.23. The summed E-state index contributed by atoms with van der Waals surface area (Å²) >= 11 is 1.60. The van der Waals surface area contributed by atoms with Crippen LogP contribution in [0.4, 0.5) is 0 Å². The van der Waals surface area contributed by atoms with Crippen molar-refractivity contribution in [3.05, 3.63) is 38.8 Å². The molecule has 0 aromatic carbocycles. The maximum atomic E-state index is 12.2. The number of hydrogen-bond acceptors (Lipinski definition) is 4. The van der Waals surface area contributed by atoms with Crippen molar-refractivity contribution in [2.24, 2.45) is 0 Å². The van der Waals surface area contributed by atoms with Gasteiger partial charge in [0.25, 0.3) is 5.91 Å². The summed E-state index contributed by atoms with van der Waals surface area (Å²) in [5.74, 6) is 0.0213. The zero-order valence-corrected chi connectivity index (χ0v) is 13.8. The van der Waals surface area contributed by atoms with Gasteiger partial charge in [0.05, 0.1) is 10.6 Å². The first-order valence-electron chi connectivity index (χ1n) is 7.77. The minimum absolute atomic E-state index is 0.0213. The van der Waals surface area contributed by atoms with E-state index in [1.807, 2.05) is 19.9 Å². The fraction of sp³-hybridized carbons (Fsp3) is 0.500. The Balaban J connectivity index is 1.54. The number of carbonyl (C=O) groups excluding carboxylic acids is 1. The molecule has 0 spiro atoms. The van der Waals surface area contributed by atoms with E-state index in [0.717, 1.165) is 29.2 Å². The zero-order chi connectivity index (χ0) is 15.5. The summed E-state index contributed by atoms with van der Waals surface area (Å²) in [4.78, 5) is 14.3. The summed E-state index contributed by atoms with van der Waals surface area (Å²) in [6, 6.07) is 4.44. The molecule has 1 aliphatic heterocycles. The van der Waals surface area contributed by atoms with Gasteiger partial charge in [-0.25, -0.2) is 0 Å². The van der Waals surface area contributed by atoms with E-state index < -0.39 is 0 Å². The van der Waals surface area contributed by atoms with Gasteiger partial charge >= 0.3 is 0 Å². The van der Waals surface area contributed by atoms with Crippen molar-refractivity contribution in [3.63, 3.8) is 0 Å². The first-order valence-corrected chi connectivity index (χ1v) is 8.58. The number of carbonyl (C=O) groups is 1. The lowest BCUT2D eigenvalue weighted by molar-refractivity contribution is 0.0958. The van der Waals surface area contributed by atoms with Crippen LogP contribution in [0, 0.1) is 13.8 Å². The SMILES string of the molecule is Cc1n[nH]c(C)c1CCNC(=O)c1ccc(C2CCCN2)s1. The molecule has 0 radical (unpaired) electrons. The van der Waals surface area contributed by atoms with Crippen LogP contribution in [0.2, 0.25) is 0 Å². The molecule has 3 heterocycles. The average Bonchev–Trinajstić information content (AvgIpc) is 3.22. The molecule has 1 amide bonds. The molecule has 6 heteroatoms. The van der Waals surface area contributed by atoms with Crippen molar-refractivity contribution >= 4 is 17.2 Å². The molecule has 3 N–H and O–H groups in total. The van der Waals surface area contributed by atoms with Gasteiger partial charge in [-0.2, -0.15) is 5.10 Å². The van der Waals surface area contributed by atoms with Crippen LogP contribution in [0.5, 0.6) is 0 Å². The van der Waals surface area contributed by atoms with E-state index in [9.17, 15) is 4.79 Å². The maximum absolute atomic E-state index is 12.2. The zero-order valence-electron chi connectivity index (χ0n) is 13.0. The highest BCUT2D eigenvalue weighted by molar-refractivity contribution is 7.14. The molecule has 0 bridgehead atoms. The largest absolute Gasteiger partial charge is 0.351 e. The van der Waals surface area contributed by atoms with Crippen LogP contribution >= 0.6 is 11.3 Å². The second kappa shape index (κ2) is 6.62. The van der Waals surface area contributed by atoms with Gasteiger partial charge in [0, 0.05) is 23.2 Å². The standard InChI is InChI=1S/C16H22N4OS/c1-10-12(11(2)20-19-10)7-9-18-16(21)15-6-5-14(22-15)13-4-3-8-17-13/h5-6,13,17H,3-4,7-9H2,1-2H3,(H,18,21)(H,19,20). The summed E-state index contributed by atoms with van der Waals surface area (Å²) in [7, 11) is 0. The van der Waals surface area contributed by atoms with Crippen molar-refractivity contribution in [1.29, 1.82) is 0 Å². The Hall–Kier alpha value is -1.66. The average molecular weight is 318 g/mol. The number of hydrogen-bond donors (Lipinski definition) is 3. The number of amides is 1. The predicted octanol–water partition coefficient (Wildman–Crippen LogP) is 2.49. The summed E-state index contributed by atoms with van der Waals surface area (Å²) in [6.45, 7) is 5.71. The van der Waals surface area contributed by atoms with Crippen LogP contribution < -0.4 is 10.6 Å². The Morgan fingerprint density at radius 1 is 1.45 bits per heavy atom. The molecule has 2 aromatic heterocycles. The highest BCUT2D eigenvalue weighted by atomic mass is 32.1. The predicted molar refractivity (Wildman–Crippen MR) is 88.4 cm³/mol. The number of nitrogens with one attached hydrogen (secondary N) is 3.